The first kappa shape index (κ1) is 11.7. The second-order valence-electron chi connectivity index (χ2n) is 3.56. The van der Waals surface area contributed by atoms with E-state index in [9.17, 15) is 4.79 Å². The summed E-state index contributed by atoms with van der Waals surface area (Å²) in [6, 6.07) is 3.61. The van der Waals surface area contributed by atoms with Crippen molar-refractivity contribution in [1.29, 1.82) is 0 Å². The van der Waals surface area contributed by atoms with Crippen LogP contribution in [0.25, 0.3) is 0 Å². The van der Waals surface area contributed by atoms with Crippen molar-refractivity contribution in [3.05, 3.63) is 24.5 Å². The van der Waals surface area contributed by atoms with Crippen LogP contribution in [0, 0.1) is 5.92 Å². The van der Waals surface area contributed by atoms with Crippen molar-refractivity contribution in [2.24, 2.45) is 11.7 Å². The van der Waals surface area contributed by atoms with Crippen LogP contribution in [-0.4, -0.2) is 17.4 Å². The lowest BCUT2D eigenvalue weighted by atomic mass is 10.0. The average Bonchev–Trinajstić information content (AvgIpc) is 2.27. The van der Waals surface area contributed by atoms with Gasteiger partial charge in [-0.2, -0.15) is 0 Å². The molecule has 1 amide bonds. The molecule has 15 heavy (non-hydrogen) atoms. The summed E-state index contributed by atoms with van der Waals surface area (Å²) in [4.78, 5) is 15.6. The van der Waals surface area contributed by atoms with Crippen molar-refractivity contribution in [2.75, 3.05) is 11.9 Å². The lowest BCUT2D eigenvalue weighted by molar-refractivity contribution is -0.119. The van der Waals surface area contributed by atoms with E-state index in [4.69, 9.17) is 5.73 Å². The quantitative estimate of drug-likeness (QED) is 0.766. The summed E-state index contributed by atoms with van der Waals surface area (Å²) in [5, 5.41) is 2.81. The van der Waals surface area contributed by atoms with Gasteiger partial charge in [-0.3, -0.25) is 9.78 Å². The van der Waals surface area contributed by atoms with Crippen molar-refractivity contribution in [3.8, 4) is 0 Å². The third kappa shape index (κ3) is 4.08. The zero-order valence-electron chi connectivity index (χ0n) is 8.94. The minimum absolute atomic E-state index is 0.00578. The molecule has 1 heterocycles. The van der Waals surface area contributed by atoms with Crippen LogP contribution in [0.2, 0.25) is 0 Å². The Morgan fingerprint density at radius 3 is 3.07 bits per heavy atom. The first-order valence-corrected chi connectivity index (χ1v) is 5.15. The van der Waals surface area contributed by atoms with E-state index in [0.717, 1.165) is 18.5 Å². The van der Waals surface area contributed by atoms with Gasteiger partial charge in [-0.05, 0) is 31.5 Å². The summed E-state index contributed by atoms with van der Waals surface area (Å²) >= 11 is 0. The van der Waals surface area contributed by atoms with Crippen LogP contribution in [0.4, 0.5) is 5.69 Å². The molecule has 0 bridgehead atoms. The predicted octanol–water partition coefficient (Wildman–Crippen LogP) is 1.40. The number of hydrogen-bond donors (Lipinski definition) is 2. The van der Waals surface area contributed by atoms with Gasteiger partial charge in [0.05, 0.1) is 11.9 Å². The highest BCUT2D eigenvalue weighted by Gasteiger charge is 2.11. The third-order valence-electron chi connectivity index (χ3n) is 2.22. The Bertz CT molecular complexity index is 300. The Morgan fingerprint density at radius 1 is 1.67 bits per heavy atom. The van der Waals surface area contributed by atoms with E-state index >= 15 is 0 Å². The number of rotatable bonds is 5. The van der Waals surface area contributed by atoms with E-state index in [2.05, 4.69) is 10.3 Å². The van der Waals surface area contributed by atoms with Crippen molar-refractivity contribution in [2.45, 2.75) is 19.8 Å². The van der Waals surface area contributed by atoms with Gasteiger partial charge in [-0.1, -0.05) is 6.92 Å². The van der Waals surface area contributed by atoms with Gasteiger partial charge in [-0.25, -0.2) is 0 Å². The molecule has 4 heteroatoms. The number of carbonyl (C=O) groups excluding carboxylic acids is 1. The number of hydrogen-bond acceptors (Lipinski definition) is 3. The van der Waals surface area contributed by atoms with E-state index in [1.54, 1.807) is 18.5 Å². The Balaban J connectivity index is 2.42. The van der Waals surface area contributed by atoms with Crippen LogP contribution in [0.1, 0.15) is 19.8 Å². The predicted molar refractivity (Wildman–Crippen MR) is 60.3 cm³/mol. The summed E-state index contributed by atoms with van der Waals surface area (Å²) in [5.41, 5.74) is 6.13. The maximum Gasteiger partial charge on any atom is 0.227 e. The molecule has 1 unspecified atom stereocenters. The van der Waals surface area contributed by atoms with Gasteiger partial charge in [0.1, 0.15) is 0 Å². The smallest absolute Gasteiger partial charge is 0.227 e. The Kier molecular flexibility index (Phi) is 4.77. The fourth-order valence-electron chi connectivity index (χ4n) is 1.26. The minimum Gasteiger partial charge on any atom is -0.330 e. The molecular formula is C11H17N3O. The molecule has 0 fully saturated rings. The number of nitrogens with one attached hydrogen (secondary N) is 1. The van der Waals surface area contributed by atoms with Gasteiger partial charge in [0.15, 0.2) is 0 Å². The van der Waals surface area contributed by atoms with Crippen LogP contribution in [0.15, 0.2) is 24.5 Å². The summed E-state index contributed by atoms with van der Waals surface area (Å²) in [7, 11) is 0. The van der Waals surface area contributed by atoms with Gasteiger partial charge < -0.3 is 11.1 Å². The zero-order valence-corrected chi connectivity index (χ0v) is 8.94. The monoisotopic (exact) mass is 207 g/mol. The van der Waals surface area contributed by atoms with E-state index in [1.807, 2.05) is 13.0 Å². The molecule has 0 saturated carbocycles. The first-order chi connectivity index (χ1) is 7.24. The molecule has 0 aromatic carbocycles. The molecule has 82 valence electrons. The Labute approximate surface area is 89.9 Å². The van der Waals surface area contributed by atoms with Gasteiger partial charge in [0.2, 0.25) is 5.91 Å². The SMILES string of the molecule is CC(CCCN)C(=O)Nc1cccnc1. The summed E-state index contributed by atoms with van der Waals surface area (Å²) in [6.07, 6.45) is 5.01. The lowest BCUT2D eigenvalue weighted by Gasteiger charge is -2.10. The number of carbonyl (C=O) groups is 1. The maximum atomic E-state index is 11.6. The lowest BCUT2D eigenvalue weighted by Crippen LogP contribution is -2.21. The number of nitrogens with zero attached hydrogens (tertiary/aromatic N) is 1. The van der Waals surface area contributed by atoms with Gasteiger partial charge in [-0.15, -0.1) is 0 Å². The molecule has 3 N–H and O–H groups in total. The van der Waals surface area contributed by atoms with Crippen molar-refractivity contribution < 1.29 is 4.79 Å². The Hall–Kier alpha value is -1.42. The third-order valence-corrected chi connectivity index (χ3v) is 2.22. The van der Waals surface area contributed by atoms with E-state index in [1.165, 1.54) is 0 Å². The molecule has 0 saturated heterocycles. The molecule has 0 spiro atoms. The van der Waals surface area contributed by atoms with Crippen molar-refractivity contribution in [3.63, 3.8) is 0 Å². The summed E-state index contributed by atoms with van der Waals surface area (Å²) in [5.74, 6) is 0.0187. The number of aromatic nitrogens is 1. The van der Waals surface area contributed by atoms with E-state index in [-0.39, 0.29) is 11.8 Å². The second kappa shape index (κ2) is 6.14. The van der Waals surface area contributed by atoms with Crippen LogP contribution in [0.3, 0.4) is 0 Å². The second-order valence-corrected chi connectivity index (χ2v) is 3.56. The average molecular weight is 207 g/mol. The molecule has 0 aliphatic carbocycles. The molecule has 1 rings (SSSR count). The van der Waals surface area contributed by atoms with Crippen molar-refractivity contribution in [1.82, 2.24) is 4.98 Å². The number of pyridine rings is 1. The number of amides is 1. The highest BCUT2D eigenvalue weighted by Crippen LogP contribution is 2.09. The molecule has 1 aromatic rings. The van der Waals surface area contributed by atoms with Gasteiger partial charge in [0, 0.05) is 12.1 Å². The first-order valence-electron chi connectivity index (χ1n) is 5.15. The highest BCUT2D eigenvalue weighted by atomic mass is 16.1. The van der Waals surface area contributed by atoms with Crippen LogP contribution >= 0.6 is 0 Å². The molecule has 0 aliphatic heterocycles. The number of nitrogens with two attached hydrogens (primary N) is 1. The maximum absolute atomic E-state index is 11.6. The molecule has 4 nitrogen and oxygen atoms in total. The highest BCUT2D eigenvalue weighted by molar-refractivity contribution is 5.92. The minimum atomic E-state index is -0.00578. The van der Waals surface area contributed by atoms with E-state index in [0.29, 0.717) is 6.54 Å². The van der Waals surface area contributed by atoms with Crippen LogP contribution < -0.4 is 11.1 Å². The summed E-state index contributed by atoms with van der Waals surface area (Å²) < 4.78 is 0. The van der Waals surface area contributed by atoms with Gasteiger partial charge >= 0.3 is 0 Å². The zero-order chi connectivity index (χ0) is 11.1. The molecule has 0 radical (unpaired) electrons. The molecule has 1 atom stereocenters. The largest absolute Gasteiger partial charge is 0.330 e. The molecular weight excluding hydrogens is 190 g/mol. The number of anilines is 1. The van der Waals surface area contributed by atoms with E-state index < -0.39 is 0 Å². The fraction of sp³-hybridized carbons (Fsp3) is 0.455. The van der Waals surface area contributed by atoms with Crippen LogP contribution in [-0.2, 0) is 4.79 Å². The van der Waals surface area contributed by atoms with Gasteiger partial charge in [0.25, 0.3) is 0 Å². The van der Waals surface area contributed by atoms with Crippen molar-refractivity contribution >= 4 is 11.6 Å². The molecule has 1 aromatic heterocycles. The standard InChI is InChI=1S/C11H17N3O/c1-9(4-2-6-12)11(15)14-10-5-3-7-13-8-10/h3,5,7-9H,2,4,6,12H2,1H3,(H,14,15). The topological polar surface area (TPSA) is 68.0 Å². The Morgan fingerprint density at radius 2 is 2.47 bits per heavy atom. The molecule has 0 aliphatic rings. The van der Waals surface area contributed by atoms with Crippen LogP contribution in [0.5, 0.6) is 0 Å². The normalized spacial score (nSPS) is 12.1. The summed E-state index contributed by atoms with van der Waals surface area (Å²) in [6.45, 7) is 2.53. The fourth-order valence-corrected chi connectivity index (χ4v) is 1.26.